The summed E-state index contributed by atoms with van der Waals surface area (Å²) < 4.78 is 10.2. The first-order valence-electron chi connectivity index (χ1n) is 6.36. The average Bonchev–Trinajstić information content (AvgIpc) is 2.93. The van der Waals surface area contributed by atoms with Crippen molar-refractivity contribution in [1.82, 2.24) is 0 Å². The zero-order valence-corrected chi connectivity index (χ0v) is 11.5. The van der Waals surface area contributed by atoms with Gasteiger partial charge >= 0.3 is 5.97 Å². The van der Waals surface area contributed by atoms with Crippen molar-refractivity contribution in [1.29, 1.82) is 0 Å². The number of esters is 1. The van der Waals surface area contributed by atoms with Crippen molar-refractivity contribution < 1.29 is 13.9 Å². The van der Waals surface area contributed by atoms with Crippen LogP contribution in [0.3, 0.4) is 0 Å². The number of carbonyl (C=O) groups is 1. The highest BCUT2D eigenvalue weighted by molar-refractivity contribution is 5.83. The van der Waals surface area contributed by atoms with Crippen molar-refractivity contribution in [2.24, 2.45) is 0 Å². The maximum atomic E-state index is 12.0. The van der Waals surface area contributed by atoms with E-state index in [9.17, 15) is 4.79 Å². The SMILES string of the molecule is CCOC(=O)C(C)(C)c1cccc(-c2ccoc2)c1. The Bertz CT molecular complexity index is 553. The van der Waals surface area contributed by atoms with Crippen LogP contribution in [0.4, 0.5) is 0 Å². The molecule has 0 saturated heterocycles. The van der Waals surface area contributed by atoms with Gasteiger partial charge in [-0.2, -0.15) is 0 Å². The topological polar surface area (TPSA) is 39.4 Å². The predicted molar refractivity (Wildman–Crippen MR) is 73.8 cm³/mol. The number of furan rings is 1. The van der Waals surface area contributed by atoms with Crippen LogP contribution in [0.15, 0.2) is 47.3 Å². The monoisotopic (exact) mass is 258 g/mol. The lowest BCUT2D eigenvalue weighted by Crippen LogP contribution is -2.31. The van der Waals surface area contributed by atoms with Gasteiger partial charge in [-0.25, -0.2) is 0 Å². The van der Waals surface area contributed by atoms with Crippen molar-refractivity contribution in [2.45, 2.75) is 26.2 Å². The van der Waals surface area contributed by atoms with E-state index in [4.69, 9.17) is 9.15 Å². The second kappa shape index (κ2) is 5.31. The van der Waals surface area contributed by atoms with Crippen molar-refractivity contribution in [2.75, 3.05) is 6.61 Å². The molecule has 19 heavy (non-hydrogen) atoms. The zero-order valence-electron chi connectivity index (χ0n) is 11.5. The van der Waals surface area contributed by atoms with Crippen LogP contribution < -0.4 is 0 Å². The molecule has 3 heteroatoms. The van der Waals surface area contributed by atoms with Crippen molar-refractivity contribution in [3.05, 3.63) is 48.4 Å². The molecule has 1 aromatic heterocycles. The van der Waals surface area contributed by atoms with Crippen LogP contribution in [0, 0.1) is 0 Å². The molecule has 100 valence electrons. The Balaban J connectivity index is 2.35. The van der Waals surface area contributed by atoms with Gasteiger partial charge in [0.15, 0.2) is 0 Å². The van der Waals surface area contributed by atoms with E-state index in [0.717, 1.165) is 16.7 Å². The van der Waals surface area contributed by atoms with Crippen molar-refractivity contribution >= 4 is 5.97 Å². The van der Waals surface area contributed by atoms with Gasteiger partial charge in [0.05, 0.1) is 24.5 Å². The van der Waals surface area contributed by atoms with Gasteiger partial charge in [0.25, 0.3) is 0 Å². The summed E-state index contributed by atoms with van der Waals surface area (Å²) in [5.74, 6) is -0.209. The fourth-order valence-electron chi connectivity index (χ4n) is 1.95. The number of ether oxygens (including phenoxy) is 1. The molecule has 2 aromatic rings. The predicted octanol–water partition coefficient (Wildman–Crippen LogP) is 3.79. The lowest BCUT2D eigenvalue weighted by molar-refractivity contribution is -0.148. The molecule has 0 atom stereocenters. The second-order valence-corrected chi connectivity index (χ2v) is 4.94. The van der Waals surface area contributed by atoms with Crippen LogP contribution in [0.2, 0.25) is 0 Å². The molecule has 0 fully saturated rings. The summed E-state index contributed by atoms with van der Waals surface area (Å²) in [7, 11) is 0. The third kappa shape index (κ3) is 2.70. The van der Waals surface area contributed by atoms with Gasteiger partial charge in [-0.1, -0.05) is 18.2 Å². The first-order valence-corrected chi connectivity index (χ1v) is 6.36. The zero-order chi connectivity index (χ0) is 13.9. The van der Waals surface area contributed by atoms with Gasteiger partial charge in [-0.3, -0.25) is 4.79 Å². The van der Waals surface area contributed by atoms with E-state index in [-0.39, 0.29) is 5.97 Å². The highest BCUT2D eigenvalue weighted by Crippen LogP contribution is 2.29. The van der Waals surface area contributed by atoms with Gasteiger partial charge in [0.2, 0.25) is 0 Å². The summed E-state index contributed by atoms with van der Waals surface area (Å²) in [6.07, 6.45) is 3.33. The minimum Gasteiger partial charge on any atom is -0.472 e. The molecule has 0 aliphatic carbocycles. The number of rotatable bonds is 4. The minimum absolute atomic E-state index is 0.209. The normalized spacial score (nSPS) is 11.3. The maximum Gasteiger partial charge on any atom is 0.315 e. The molecule has 0 saturated carbocycles. The third-order valence-electron chi connectivity index (χ3n) is 3.22. The van der Waals surface area contributed by atoms with Crippen molar-refractivity contribution in [3.63, 3.8) is 0 Å². The summed E-state index contributed by atoms with van der Waals surface area (Å²) >= 11 is 0. The lowest BCUT2D eigenvalue weighted by Gasteiger charge is -2.23. The Morgan fingerprint density at radius 1 is 1.26 bits per heavy atom. The number of hydrogen-bond donors (Lipinski definition) is 0. The Hall–Kier alpha value is -2.03. The standard InChI is InChI=1S/C16H18O3/c1-4-19-15(17)16(2,3)14-7-5-6-12(10-14)13-8-9-18-11-13/h5-11H,4H2,1-3H3. The molecular weight excluding hydrogens is 240 g/mol. The Labute approximate surface area is 113 Å². The van der Waals surface area contributed by atoms with E-state index < -0.39 is 5.41 Å². The molecule has 0 radical (unpaired) electrons. The van der Waals surface area contributed by atoms with E-state index in [1.165, 1.54) is 0 Å². The highest BCUT2D eigenvalue weighted by Gasteiger charge is 2.31. The first-order chi connectivity index (χ1) is 9.05. The first kappa shape index (κ1) is 13.4. The van der Waals surface area contributed by atoms with Crippen LogP contribution in [-0.4, -0.2) is 12.6 Å². The van der Waals surface area contributed by atoms with E-state index in [1.807, 2.05) is 51.1 Å². The largest absolute Gasteiger partial charge is 0.472 e. The van der Waals surface area contributed by atoms with Gasteiger partial charge in [0.1, 0.15) is 0 Å². The van der Waals surface area contributed by atoms with Gasteiger partial charge < -0.3 is 9.15 Å². The number of benzene rings is 1. The van der Waals surface area contributed by atoms with Crippen LogP contribution in [0.1, 0.15) is 26.3 Å². The molecule has 1 aromatic carbocycles. The summed E-state index contributed by atoms with van der Waals surface area (Å²) in [5, 5.41) is 0. The quantitative estimate of drug-likeness (QED) is 0.783. The lowest BCUT2D eigenvalue weighted by atomic mass is 9.83. The smallest absolute Gasteiger partial charge is 0.315 e. The molecular formula is C16H18O3. The minimum atomic E-state index is -0.657. The maximum absolute atomic E-state index is 12.0. The molecule has 1 heterocycles. The summed E-state index contributed by atoms with van der Waals surface area (Å²) in [6, 6.07) is 9.78. The summed E-state index contributed by atoms with van der Waals surface area (Å²) in [4.78, 5) is 12.0. The molecule has 0 aliphatic rings. The Morgan fingerprint density at radius 3 is 2.68 bits per heavy atom. The fourth-order valence-corrected chi connectivity index (χ4v) is 1.95. The van der Waals surface area contributed by atoms with Gasteiger partial charge in [-0.05, 0) is 44.0 Å². The molecule has 0 bridgehead atoms. The van der Waals surface area contributed by atoms with Crippen LogP contribution in [0.5, 0.6) is 0 Å². The molecule has 0 spiro atoms. The van der Waals surface area contributed by atoms with E-state index >= 15 is 0 Å². The number of carbonyl (C=O) groups excluding carboxylic acids is 1. The fraction of sp³-hybridized carbons (Fsp3) is 0.312. The van der Waals surface area contributed by atoms with Gasteiger partial charge in [0, 0.05) is 5.56 Å². The van der Waals surface area contributed by atoms with Gasteiger partial charge in [-0.15, -0.1) is 0 Å². The number of hydrogen-bond acceptors (Lipinski definition) is 3. The average molecular weight is 258 g/mol. The van der Waals surface area contributed by atoms with Crippen LogP contribution in [-0.2, 0) is 14.9 Å². The molecule has 2 rings (SSSR count). The molecule has 0 amide bonds. The van der Waals surface area contributed by atoms with Crippen molar-refractivity contribution in [3.8, 4) is 11.1 Å². The van der Waals surface area contributed by atoms with E-state index in [1.54, 1.807) is 12.5 Å². The molecule has 0 aliphatic heterocycles. The van der Waals surface area contributed by atoms with Crippen LogP contribution >= 0.6 is 0 Å². The molecule has 0 unspecified atom stereocenters. The Kier molecular flexibility index (Phi) is 3.74. The van der Waals surface area contributed by atoms with Crippen LogP contribution in [0.25, 0.3) is 11.1 Å². The molecule has 0 N–H and O–H groups in total. The molecule has 3 nitrogen and oxygen atoms in total. The van der Waals surface area contributed by atoms with E-state index in [0.29, 0.717) is 6.61 Å². The summed E-state index contributed by atoms with van der Waals surface area (Å²) in [6.45, 7) is 5.96. The second-order valence-electron chi connectivity index (χ2n) is 4.94. The third-order valence-corrected chi connectivity index (χ3v) is 3.22. The summed E-state index contributed by atoms with van der Waals surface area (Å²) in [5.41, 5.74) is 2.31. The Morgan fingerprint density at radius 2 is 2.05 bits per heavy atom. The van der Waals surface area contributed by atoms with E-state index in [2.05, 4.69) is 0 Å². The highest BCUT2D eigenvalue weighted by atomic mass is 16.5.